The fraction of sp³-hybridized carbons (Fsp3) is 0.926. The maximum Gasteiger partial charge on any atom is 0.187 e. The second kappa shape index (κ2) is 20.7. The van der Waals surface area contributed by atoms with Gasteiger partial charge in [-0.3, -0.25) is 0 Å². The Morgan fingerprint density at radius 1 is 0.581 bits per heavy atom. The molecule has 0 aromatic rings. The van der Waals surface area contributed by atoms with Crippen molar-refractivity contribution in [1.82, 2.24) is 0 Å². The molecule has 74 heavy (non-hydrogen) atoms. The quantitative estimate of drug-likeness (QED) is 0.129. The Labute approximate surface area is 434 Å². The predicted octanol–water partition coefficient (Wildman–Crippen LogP) is 0.125. The summed E-state index contributed by atoms with van der Waals surface area (Å²) in [6.45, 7) is 20.1. The van der Waals surface area contributed by atoms with Crippen LogP contribution < -0.4 is 0 Å². The summed E-state index contributed by atoms with van der Waals surface area (Å²) in [5.41, 5.74) is 0.699. The minimum atomic E-state index is -1.94. The van der Waals surface area contributed by atoms with Crippen LogP contribution in [0.3, 0.4) is 0 Å². The molecule has 20 heteroatoms. The van der Waals surface area contributed by atoms with Crippen molar-refractivity contribution < 1.29 is 99.2 Å². The fourth-order valence-corrected chi connectivity index (χ4v) is 16.2. The zero-order valence-electron chi connectivity index (χ0n) is 44.7. The first kappa shape index (κ1) is 57.4. The van der Waals surface area contributed by atoms with Crippen LogP contribution in [-0.2, 0) is 37.9 Å². The highest BCUT2D eigenvalue weighted by molar-refractivity contribution is 5.47. The largest absolute Gasteiger partial charge is 0.394 e. The normalized spacial score (nSPS) is 56.5. The predicted molar refractivity (Wildman–Crippen MR) is 260 cm³/mol. The third-order valence-electron chi connectivity index (χ3n) is 21.5. The molecule has 0 spiro atoms. The van der Waals surface area contributed by atoms with E-state index in [-0.39, 0.29) is 34.0 Å². The molecule has 424 valence electrons. The minimum absolute atomic E-state index is 0.109. The van der Waals surface area contributed by atoms with E-state index in [4.69, 9.17) is 37.9 Å². The molecule has 0 bridgehead atoms. The first-order chi connectivity index (χ1) is 34.6. The van der Waals surface area contributed by atoms with E-state index in [1.54, 1.807) is 0 Å². The first-order valence-electron chi connectivity index (χ1n) is 27.3. The highest BCUT2D eigenvalue weighted by Crippen LogP contribution is 2.74. The second-order valence-electron chi connectivity index (χ2n) is 25.5. The molecule has 4 aliphatic heterocycles. The van der Waals surface area contributed by atoms with Crippen LogP contribution in [0.1, 0.15) is 108 Å². The molecule has 0 amide bonds. The molecule has 4 unspecified atom stereocenters. The van der Waals surface area contributed by atoms with Gasteiger partial charge in [0.2, 0.25) is 0 Å². The van der Waals surface area contributed by atoms with Gasteiger partial charge in [0.1, 0.15) is 85.5 Å². The lowest BCUT2D eigenvalue weighted by atomic mass is 9.35. The van der Waals surface area contributed by atoms with Crippen molar-refractivity contribution >= 4 is 0 Å². The molecule has 4 saturated heterocycles. The van der Waals surface area contributed by atoms with E-state index in [1.165, 1.54) is 18.1 Å². The van der Waals surface area contributed by atoms with Gasteiger partial charge in [0, 0.05) is 0 Å². The Hall–Kier alpha value is -1.32. The topological polar surface area (TPSA) is 317 Å². The van der Waals surface area contributed by atoms with Crippen LogP contribution in [0.15, 0.2) is 23.3 Å². The smallest absolute Gasteiger partial charge is 0.187 e. The Kier molecular flexibility index (Phi) is 16.0. The second-order valence-corrected chi connectivity index (χ2v) is 25.5. The lowest BCUT2D eigenvalue weighted by molar-refractivity contribution is -0.401. The molecule has 0 aromatic carbocycles. The van der Waals surface area contributed by atoms with E-state index >= 15 is 0 Å². The minimum Gasteiger partial charge on any atom is -0.394 e. The van der Waals surface area contributed by atoms with Crippen molar-refractivity contribution in [2.45, 2.75) is 236 Å². The van der Waals surface area contributed by atoms with Crippen molar-refractivity contribution in [2.75, 3.05) is 19.8 Å². The summed E-state index contributed by atoms with van der Waals surface area (Å²) in [6, 6.07) is 0. The molecule has 0 aromatic heterocycles. The Balaban J connectivity index is 1.01. The van der Waals surface area contributed by atoms with Gasteiger partial charge in [0.15, 0.2) is 25.2 Å². The number of fused-ring (bicyclic) bond motifs is 6. The van der Waals surface area contributed by atoms with Crippen molar-refractivity contribution in [3.05, 3.63) is 23.3 Å². The van der Waals surface area contributed by atoms with Crippen LogP contribution in [-0.4, -0.2) is 210 Å². The molecule has 3 saturated carbocycles. The van der Waals surface area contributed by atoms with Gasteiger partial charge >= 0.3 is 0 Å². The SMILES string of the molecule is C[C@@H]1[C@@H](C)[C@@](C)(O)C2=C3C=CC4[C@@]5(C)CCC(O[C@@H]6OC[C@@H](O)[C@H](O[C@@H]7O[C@H](CO)[C@@H](O)[C@H](O)[C@H]7O[C@@H]7O[C@H](CO)[C@@H](O)[C@H](O)[C@H]7O)[C@H]6O[C@@H]6O[C@@H](C)[C@@H](O)[C@@H](O)[C@H]6O)C(C)(C)C5CC[C@@]4(C)[C@]3(C)CCC2[C@@H]1C. The third-order valence-corrected chi connectivity index (χ3v) is 21.5. The summed E-state index contributed by atoms with van der Waals surface area (Å²) < 4.78 is 49.6. The highest BCUT2D eigenvalue weighted by atomic mass is 16.8. The monoisotopic (exact) mass is 1060 g/mol. The molecule has 20 nitrogen and oxygen atoms in total. The number of aliphatic hydroxyl groups is 12. The zero-order valence-corrected chi connectivity index (χ0v) is 44.7. The van der Waals surface area contributed by atoms with Gasteiger partial charge in [0.25, 0.3) is 0 Å². The van der Waals surface area contributed by atoms with Gasteiger partial charge in [-0.15, -0.1) is 0 Å². The van der Waals surface area contributed by atoms with E-state index in [1.807, 2.05) is 6.92 Å². The summed E-state index contributed by atoms with van der Waals surface area (Å²) in [5.74, 6) is 1.65. The van der Waals surface area contributed by atoms with E-state index in [2.05, 4.69) is 67.5 Å². The molecule has 9 aliphatic rings. The maximum atomic E-state index is 12.4. The summed E-state index contributed by atoms with van der Waals surface area (Å²) >= 11 is 0. The van der Waals surface area contributed by atoms with Crippen molar-refractivity contribution in [2.24, 2.45) is 57.2 Å². The molecule has 30 atom stereocenters. The highest BCUT2D eigenvalue weighted by Gasteiger charge is 2.68. The van der Waals surface area contributed by atoms with Crippen molar-refractivity contribution in [3.8, 4) is 0 Å². The number of rotatable bonds is 10. The van der Waals surface area contributed by atoms with Crippen molar-refractivity contribution in [3.63, 3.8) is 0 Å². The Morgan fingerprint density at radius 3 is 1.81 bits per heavy atom. The molecular weight excluding hydrogens is 969 g/mol. The van der Waals surface area contributed by atoms with Crippen LogP contribution in [0.2, 0.25) is 0 Å². The lowest BCUT2D eigenvalue weighted by Crippen LogP contribution is -2.67. The van der Waals surface area contributed by atoms with E-state index in [0.29, 0.717) is 24.2 Å². The van der Waals surface area contributed by atoms with Crippen LogP contribution in [0.25, 0.3) is 0 Å². The number of ether oxygens (including phenoxy) is 8. The average molecular weight is 1060 g/mol. The Morgan fingerprint density at radius 2 is 1.16 bits per heavy atom. The average Bonchev–Trinajstić information content (AvgIpc) is 3.35. The summed E-state index contributed by atoms with van der Waals surface area (Å²) in [5, 5.41) is 131. The first-order valence-corrected chi connectivity index (χ1v) is 27.3. The molecule has 5 aliphatic carbocycles. The molecule has 12 N–H and O–H groups in total. The summed E-state index contributed by atoms with van der Waals surface area (Å²) in [7, 11) is 0. The molecule has 0 radical (unpaired) electrons. The standard InChI is InChI=1S/C54H88O20/c1-22-23(2)26-13-17-52(8)27(34(26)54(10,66)24(22)3)11-12-32-51(7)16-15-33(50(5,6)31(51)14-18-53(32,52)9)71-48-45(74-46-41(64)38(61)35(58)25(4)68-46)43(28(57)21-67-48)72-49-44(40(63)37(60)30(20-56)70-49)73-47-42(65)39(62)36(59)29(19-55)69-47/h11-12,22-26,28-33,35-49,55-66H,13-21H2,1-10H3/t22-,23+,24+,25-,26?,28+,29+,30+,31?,32?,33?,35+,36+,37+,38+,39-,40-,41+,42+,43-,44+,45+,46-,47-,48-,49-,51-,52+,53+,54+/m0/s1. The Bertz CT molecular complexity index is 2050. The number of hydrogen-bond acceptors (Lipinski definition) is 20. The van der Waals surface area contributed by atoms with Crippen molar-refractivity contribution in [1.29, 1.82) is 0 Å². The van der Waals surface area contributed by atoms with E-state index < -0.39 is 154 Å². The van der Waals surface area contributed by atoms with Gasteiger partial charge in [0.05, 0.1) is 37.6 Å². The fourth-order valence-electron chi connectivity index (χ4n) is 16.2. The lowest BCUT2D eigenvalue weighted by Gasteiger charge is -2.69. The van der Waals surface area contributed by atoms with Gasteiger partial charge in [-0.2, -0.15) is 0 Å². The maximum absolute atomic E-state index is 12.4. The van der Waals surface area contributed by atoms with Crippen LogP contribution >= 0.6 is 0 Å². The molecular formula is C54H88O20. The van der Waals surface area contributed by atoms with E-state index in [0.717, 1.165) is 32.1 Å². The molecule has 4 heterocycles. The molecule has 7 fully saturated rings. The molecule has 9 rings (SSSR count). The van der Waals surface area contributed by atoms with Gasteiger partial charge < -0.3 is 99.2 Å². The third kappa shape index (κ3) is 8.96. The number of allylic oxidation sites excluding steroid dienone is 3. The van der Waals surface area contributed by atoms with Gasteiger partial charge in [-0.1, -0.05) is 67.5 Å². The number of aliphatic hydroxyl groups excluding tert-OH is 11. The van der Waals surface area contributed by atoms with Gasteiger partial charge in [-0.05, 0) is 121 Å². The van der Waals surface area contributed by atoms with E-state index in [9.17, 15) is 61.3 Å². The summed E-state index contributed by atoms with van der Waals surface area (Å²) in [4.78, 5) is 0. The van der Waals surface area contributed by atoms with Gasteiger partial charge in [-0.25, -0.2) is 0 Å². The zero-order chi connectivity index (χ0) is 54.1. The van der Waals surface area contributed by atoms with Crippen LogP contribution in [0.5, 0.6) is 0 Å². The van der Waals surface area contributed by atoms with Crippen LogP contribution in [0.4, 0.5) is 0 Å². The summed E-state index contributed by atoms with van der Waals surface area (Å²) in [6.07, 6.45) is -21.8. The van der Waals surface area contributed by atoms with Crippen LogP contribution in [0, 0.1) is 57.2 Å². The number of hydrogen-bond donors (Lipinski definition) is 12.